The first-order valence-electron chi connectivity index (χ1n) is 10.3. The minimum absolute atomic E-state index is 0.0692. The minimum atomic E-state index is 0.0692. The zero-order chi connectivity index (χ0) is 22.5. The fourth-order valence-corrected chi connectivity index (χ4v) is 4.22. The fourth-order valence-electron chi connectivity index (χ4n) is 3.22. The SMILES string of the molecule is CC(C)Oc1ccc(-c2cc(CCCc3cnc(N)s3)nc(-c3cnccn3)n2)c(Cl)c1. The first-order chi connectivity index (χ1) is 15.5. The molecule has 0 aliphatic rings. The molecule has 0 saturated heterocycles. The van der Waals surface area contributed by atoms with Gasteiger partial charge in [-0.2, -0.15) is 0 Å². The third-order valence-electron chi connectivity index (χ3n) is 4.59. The number of rotatable bonds is 8. The lowest BCUT2D eigenvalue weighted by Gasteiger charge is -2.13. The Labute approximate surface area is 195 Å². The molecule has 32 heavy (non-hydrogen) atoms. The summed E-state index contributed by atoms with van der Waals surface area (Å²) in [6.07, 6.45) is 9.38. The van der Waals surface area contributed by atoms with Crippen LogP contribution in [-0.2, 0) is 12.8 Å². The largest absolute Gasteiger partial charge is 0.491 e. The Morgan fingerprint density at radius 1 is 1.03 bits per heavy atom. The topological polar surface area (TPSA) is 99.7 Å². The predicted molar refractivity (Wildman–Crippen MR) is 128 cm³/mol. The molecule has 7 nitrogen and oxygen atoms in total. The van der Waals surface area contributed by atoms with E-state index in [1.165, 1.54) is 11.3 Å². The van der Waals surface area contributed by atoms with Crippen LogP contribution in [0.5, 0.6) is 5.75 Å². The summed E-state index contributed by atoms with van der Waals surface area (Å²) >= 11 is 8.12. The zero-order valence-corrected chi connectivity index (χ0v) is 19.4. The molecule has 0 bridgehead atoms. The molecule has 3 aromatic heterocycles. The molecular weight excluding hydrogens is 444 g/mol. The van der Waals surface area contributed by atoms with Crippen LogP contribution in [-0.4, -0.2) is 31.0 Å². The van der Waals surface area contributed by atoms with E-state index in [-0.39, 0.29) is 6.10 Å². The Kier molecular flexibility index (Phi) is 6.92. The number of nitrogens with two attached hydrogens (primary N) is 1. The van der Waals surface area contributed by atoms with Crippen molar-refractivity contribution in [2.24, 2.45) is 0 Å². The average Bonchev–Trinajstić information content (AvgIpc) is 3.19. The molecule has 0 spiro atoms. The van der Waals surface area contributed by atoms with Gasteiger partial charge in [0.2, 0.25) is 0 Å². The van der Waals surface area contributed by atoms with E-state index < -0.39 is 0 Å². The van der Waals surface area contributed by atoms with Crippen LogP contribution in [0, 0.1) is 0 Å². The van der Waals surface area contributed by atoms with Crippen molar-refractivity contribution in [3.8, 4) is 28.5 Å². The highest BCUT2D eigenvalue weighted by molar-refractivity contribution is 7.15. The van der Waals surface area contributed by atoms with Gasteiger partial charge >= 0.3 is 0 Å². The number of anilines is 1. The quantitative estimate of drug-likeness (QED) is 0.378. The summed E-state index contributed by atoms with van der Waals surface area (Å²) in [4.78, 5) is 23.3. The van der Waals surface area contributed by atoms with Gasteiger partial charge in [0.15, 0.2) is 11.0 Å². The summed E-state index contributed by atoms with van der Waals surface area (Å²) in [6.45, 7) is 3.96. The Morgan fingerprint density at radius 2 is 1.91 bits per heavy atom. The average molecular weight is 467 g/mol. The molecule has 0 fully saturated rings. The van der Waals surface area contributed by atoms with Gasteiger partial charge in [-0.3, -0.25) is 4.98 Å². The second kappa shape index (κ2) is 10.0. The van der Waals surface area contributed by atoms with E-state index in [9.17, 15) is 0 Å². The summed E-state index contributed by atoms with van der Waals surface area (Å²) < 4.78 is 5.75. The summed E-state index contributed by atoms with van der Waals surface area (Å²) in [5.41, 5.74) is 8.80. The number of ether oxygens (including phenoxy) is 1. The van der Waals surface area contributed by atoms with Crippen LogP contribution in [0.1, 0.15) is 30.8 Å². The molecule has 3 heterocycles. The molecule has 4 aromatic rings. The maximum absolute atomic E-state index is 6.60. The smallest absolute Gasteiger partial charge is 0.180 e. The van der Waals surface area contributed by atoms with Crippen LogP contribution in [0.15, 0.2) is 49.1 Å². The van der Waals surface area contributed by atoms with Crippen molar-refractivity contribution in [3.05, 3.63) is 64.6 Å². The van der Waals surface area contributed by atoms with Gasteiger partial charge in [0.05, 0.1) is 23.0 Å². The van der Waals surface area contributed by atoms with Crippen molar-refractivity contribution >= 4 is 28.1 Å². The lowest BCUT2D eigenvalue weighted by Crippen LogP contribution is -2.05. The number of aryl methyl sites for hydroxylation is 2. The molecule has 9 heteroatoms. The summed E-state index contributed by atoms with van der Waals surface area (Å²) in [7, 11) is 0. The molecule has 164 valence electrons. The molecule has 0 aliphatic heterocycles. The lowest BCUT2D eigenvalue weighted by molar-refractivity contribution is 0.242. The number of nitrogens with zero attached hydrogens (tertiary/aromatic N) is 5. The molecule has 0 saturated carbocycles. The van der Waals surface area contributed by atoms with Crippen LogP contribution in [0.25, 0.3) is 22.8 Å². The van der Waals surface area contributed by atoms with Crippen LogP contribution in [0.4, 0.5) is 5.13 Å². The molecule has 0 unspecified atom stereocenters. The Morgan fingerprint density at radius 3 is 2.59 bits per heavy atom. The van der Waals surface area contributed by atoms with E-state index in [1.54, 1.807) is 18.6 Å². The van der Waals surface area contributed by atoms with Crippen molar-refractivity contribution in [3.63, 3.8) is 0 Å². The van der Waals surface area contributed by atoms with Gasteiger partial charge in [-0.05, 0) is 57.4 Å². The molecule has 2 N–H and O–H groups in total. The highest BCUT2D eigenvalue weighted by Crippen LogP contribution is 2.32. The molecule has 0 radical (unpaired) electrons. The molecule has 0 atom stereocenters. The van der Waals surface area contributed by atoms with Gasteiger partial charge in [0, 0.05) is 34.7 Å². The van der Waals surface area contributed by atoms with Gasteiger partial charge in [0.1, 0.15) is 11.4 Å². The van der Waals surface area contributed by atoms with Crippen LogP contribution >= 0.6 is 22.9 Å². The first-order valence-corrected chi connectivity index (χ1v) is 11.5. The third-order valence-corrected chi connectivity index (χ3v) is 5.79. The standard InChI is InChI=1S/C23H23ClN6OS/c1-14(2)31-16-6-7-18(19(24)11-16)20-10-15(4-3-5-17-12-28-23(25)32-17)29-22(30-20)21-13-26-8-9-27-21/h6-14H,3-5H2,1-2H3,(H2,25,28). The van der Waals surface area contributed by atoms with E-state index in [4.69, 9.17) is 32.0 Å². The minimum Gasteiger partial charge on any atom is -0.491 e. The molecular formula is C23H23ClN6OS. The number of halogens is 1. The molecule has 1 aromatic carbocycles. The number of hydrogen-bond acceptors (Lipinski definition) is 8. The normalized spacial score (nSPS) is 11.1. The van der Waals surface area contributed by atoms with Gasteiger partial charge < -0.3 is 10.5 Å². The van der Waals surface area contributed by atoms with Crippen molar-refractivity contribution in [1.82, 2.24) is 24.9 Å². The predicted octanol–water partition coefficient (Wildman–Crippen LogP) is 5.26. The van der Waals surface area contributed by atoms with Crippen molar-refractivity contribution in [2.75, 3.05) is 5.73 Å². The Balaban J connectivity index is 1.64. The second-order valence-electron chi connectivity index (χ2n) is 7.49. The van der Waals surface area contributed by atoms with Crippen molar-refractivity contribution in [1.29, 1.82) is 0 Å². The summed E-state index contributed by atoms with van der Waals surface area (Å²) in [5, 5.41) is 1.16. The number of aromatic nitrogens is 5. The van der Waals surface area contributed by atoms with Gasteiger partial charge in [0.25, 0.3) is 0 Å². The Hall–Kier alpha value is -3.10. The highest BCUT2D eigenvalue weighted by Gasteiger charge is 2.13. The van der Waals surface area contributed by atoms with Gasteiger partial charge in [-0.1, -0.05) is 11.6 Å². The fraction of sp³-hybridized carbons (Fsp3) is 0.261. The monoisotopic (exact) mass is 466 g/mol. The van der Waals surface area contributed by atoms with E-state index >= 15 is 0 Å². The number of nitrogen functional groups attached to an aromatic ring is 1. The van der Waals surface area contributed by atoms with E-state index in [0.29, 0.717) is 21.7 Å². The van der Waals surface area contributed by atoms with E-state index in [0.717, 1.165) is 46.8 Å². The van der Waals surface area contributed by atoms with Gasteiger partial charge in [-0.15, -0.1) is 11.3 Å². The van der Waals surface area contributed by atoms with E-state index in [2.05, 4.69) is 15.0 Å². The second-order valence-corrected chi connectivity index (χ2v) is 9.04. The first kappa shape index (κ1) is 22.1. The van der Waals surface area contributed by atoms with Crippen LogP contribution in [0.2, 0.25) is 5.02 Å². The number of benzene rings is 1. The van der Waals surface area contributed by atoms with Crippen molar-refractivity contribution < 1.29 is 4.74 Å². The maximum atomic E-state index is 6.60. The maximum Gasteiger partial charge on any atom is 0.180 e. The van der Waals surface area contributed by atoms with Crippen LogP contribution < -0.4 is 10.5 Å². The molecule has 4 rings (SSSR count). The highest BCUT2D eigenvalue weighted by atomic mass is 35.5. The van der Waals surface area contributed by atoms with Crippen LogP contribution in [0.3, 0.4) is 0 Å². The Bertz CT molecular complexity index is 1200. The van der Waals surface area contributed by atoms with Crippen molar-refractivity contribution in [2.45, 2.75) is 39.2 Å². The van der Waals surface area contributed by atoms with E-state index in [1.807, 2.05) is 44.3 Å². The van der Waals surface area contributed by atoms with Gasteiger partial charge in [-0.25, -0.2) is 19.9 Å². The zero-order valence-electron chi connectivity index (χ0n) is 17.8. The third kappa shape index (κ3) is 5.57. The molecule has 0 aliphatic carbocycles. The molecule has 0 amide bonds. The lowest BCUT2D eigenvalue weighted by atomic mass is 10.1. The summed E-state index contributed by atoms with van der Waals surface area (Å²) in [5.74, 6) is 1.24. The summed E-state index contributed by atoms with van der Waals surface area (Å²) in [6, 6.07) is 7.62. The number of hydrogen-bond donors (Lipinski definition) is 1. The number of thiazole rings is 1.